The Morgan fingerprint density at radius 1 is 1.65 bits per heavy atom. The van der Waals surface area contributed by atoms with Gasteiger partial charge < -0.3 is 9.88 Å². The molecule has 2 rings (SSSR count). The van der Waals surface area contributed by atoms with Gasteiger partial charge in [0.25, 0.3) is 0 Å². The van der Waals surface area contributed by atoms with Crippen LogP contribution in [0.1, 0.15) is 6.42 Å². The van der Waals surface area contributed by atoms with Gasteiger partial charge in [0.2, 0.25) is 5.91 Å². The molecule has 7 nitrogen and oxygen atoms in total. The maximum atomic E-state index is 11.8. The van der Waals surface area contributed by atoms with Crippen LogP contribution in [0.5, 0.6) is 0 Å². The van der Waals surface area contributed by atoms with E-state index in [1.54, 1.807) is 17.0 Å². The van der Waals surface area contributed by atoms with E-state index in [2.05, 4.69) is 22.1 Å². The van der Waals surface area contributed by atoms with Gasteiger partial charge in [-0.05, 0) is 6.42 Å². The van der Waals surface area contributed by atoms with E-state index in [4.69, 9.17) is 0 Å². The lowest BCUT2D eigenvalue weighted by atomic mass is 10.3. The topological polar surface area (TPSA) is 93.9 Å². The molecule has 1 amide bonds. The van der Waals surface area contributed by atoms with Gasteiger partial charge in [0, 0.05) is 12.6 Å². The Labute approximate surface area is 121 Å². The van der Waals surface area contributed by atoms with Gasteiger partial charge in [-0.2, -0.15) is 0 Å². The molecule has 1 atom stereocenters. The summed E-state index contributed by atoms with van der Waals surface area (Å²) < 4.78 is 24.4. The molecule has 0 saturated carbocycles. The molecule has 9 heteroatoms. The molecule has 1 aromatic heterocycles. The van der Waals surface area contributed by atoms with E-state index in [0.717, 1.165) is 0 Å². The van der Waals surface area contributed by atoms with Crippen LogP contribution < -0.4 is 5.32 Å². The third-order valence-corrected chi connectivity index (χ3v) is 5.58. The highest BCUT2D eigenvalue weighted by atomic mass is 32.2. The first-order chi connectivity index (χ1) is 9.50. The van der Waals surface area contributed by atoms with Crippen molar-refractivity contribution in [3.63, 3.8) is 0 Å². The van der Waals surface area contributed by atoms with Crippen molar-refractivity contribution in [2.75, 3.05) is 17.3 Å². The van der Waals surface area contributed by atoms with Crippen molar-refractivity contribution in [1.29, 1.82) is 0 Å². The smallest absolute Gasteiger partial charge is 0.230 e. The van der Waals surface area contributed by atoms with Crippen LogP contribution in [0.3, 0.4) is 0 Å². The fourth-order valence-corrected chi connectivity index (χ4v) is 4.34. The molecular formula is C11H16N4O3S2. The normalized spacial score (nSPS) is 20.7. The quantitative estimate of drug-likeness (QED) is 0.580. The Kier molecular flexibility index (Phi) is 4.81. The zero-order chi connectivity index (χ0) is 14.6. The molecule has 110 valence electrons. The van der Waals surface area contributed by atoms with Crippen molar-refractivity contribution in [3.8, 4) is 0 Å². The predicted octanol–water partition coefficient (Wildman–Crippen LogP) is -0.140. The molecule has 0 aliphatic carbocycles. The molecule has 0 bridgehead atoms. The van der Waals surface area contributed by atoms with Gasteiger partial charge in [-0.15, -0.1) is 16.8 Å². The number of rotatable bonds is 6. The standard InChI is InChI=1S/C11H16N4O3S2/c1-2-4-15-8-12-14-11(15)19-6-10(16)13-9-3-5-20(17,18)7-9/h2,8-9H,1,3-7H2,(H,13,16)/t9-/m0/s1. The van der Waals surface area contributed by atoms with E-state index < -0.39 is 9.84 Å². The lowest BCUT2D eigenvalue weighted by Crippen LogP contribution is -2.36. The molecule has 20 heavy (non-hydrogen) atoms. The van der Waals surface area contributed by atoms with E-state index in [1.807, 2.05) is 0 Å². The number of thioether (sulfide) groups is 1. The molecule has 1 aromatic rings. The van der Waals surface area contributed by atoms with Crippen LogP contribution in [0.25, 0.3) is 0 Å². The summed E-state index contributed by atoms with van der Waals surface area (Å²) in [7, 11) is -2.97. The van der Waals surface area contributed by atoms with Gasteiger partial charge in [-0.25, -0.2) is 8.42 Å². The van der Waals surface area contributed by atoms with Crippen molar-refractivity contribution >= 4 is 27.5 Å². The largest absolute Gasteiger partial charge is 0.352 e. The van der Waals surface area contributed by atoms with Gasteiger partial charge in [0.15, 0.2) is 15.0 Å². The summed E-state index contributed by atoms with van der Waals surface area (Å²) in [6, 6.07) is -0.265. The number of allylic oxidation sites excluding steroid dienone is 1. The Hall–Kier alpha value is -1.35. The highest BCUT2D eigenvalue weighted by Gasteiger charge is 2.28. The number of carbonyl (C=O) groups is 1. The minimum atomic E-state index is -2.97. The summed E-state index contributed by atoms with van der Waals surface area (Å²) >= 11 is 1.27. The molecule has 0 spiro atoms. The number of amides is 1. The van der Waals surface area contributed by atoms with E-state index in [9.17, 15) is 13.2 Å². The van der Waals surface area contributed by atoms with Crippen LogP contribution in [-0.2, 0) is 21.2 Å². The van der Waals surface area contributed by atoms with Crippen molar-refractivity contribution in [2.24, 2.45) is 0 Å². The Morgan fingerprint density at radius 3 is 3.10 bits per heavy atom. The monoisotopic (exact) mass is 316 g/mol. The third-order valence-electron chi connectivity index (χ3n) is 2.84. The zero-order valence-corrected chi connectivity index (χ0v) is 12.5. The van der Waals surface area contributed by atoms with E-state index in [-0.39, 0.29) is 29.2 Å². The lowest BCUT2D eigenvalue weighted by molar-refractivity contribution is -0.119. The minimum Gasteiger partial charge on any atom is -0.352 e. The molecule has 1 fully saturated rings. The second-order valence-corrected chi connectivity index (χ2v) is 7.68. The van der Waals surface area contributed by atoms with Crippen LogP contribution in [0.4, 0.5) is 0 Å². The second-order valence-electron chi connectivity index (χ2n) is 4.51. The molecule has 1 N–H and O–H groups in total. The van der Waals surface area contributed by atoms with Crippen LogP contribution in [-0.4, -0.2) is 52.4 Å². The number of aromatic nitrogens is 3. The van der Waals surface area contributed by atoms with Crippen LogP contribution in [0.2, 0.25) is 0 Å². The van der Waals surface area contributed by atoms with E-state index >= 15 is 0 Å². The van der Waals surface area contributed by atoms with Gasteiger partial charge in [-0.3, -0.25) is 4.79 Å². The first-order valence-corrected chi connectivity index (χ1v) is 8.92. The number of nitrogens with one attached hydrogen (secondary N) is 1. The lowest BCUT2D eigenvalue weighted by Gasteiger charge is -2.10. The summed E-state index contributed by atoms with van der Waals surface area (Å²) in [5.41, 5.74) is 0. The SMILES string of the molecule is C=CCn1cnnc1SCC(=O)N[C@H]1CCS(=O)(=O)C1. The number of hydrogen-bond donors (Lipinski definition) is 1. The van der Waals surface area contributed by atoms with E-state index in [1.165, 1.54) is 11.8 Å². The minimum absolute atomic E-state index is 0.0378. The average Bonchev–Trinajstić information content (AvgIpc) is 2.94. The fraction of sp³-hybridized carbons (Fsp3) is 0.545. The van der Waals surface area contributed by atoms with Crippen molar-refractivity contribution in [2.45, 2.75) is 24.2 Å². The van der Waals surface area contributed by atoms with Gasteiger partial charge >= 0.3 is 0 Å². The molecular weight excluding hydrogens is 300 g/mol. The van der Waals surface area contributed by atoms with Crippen LogP contribution in [0, 0.1) is 0 Å². The summed E-state index contributed by atoms with van der Waals surface area (Å²) in [6.07, 6.45) is 3.79. The fourth-order valence-electron chi connectivity index (χ4n) is 1.93. The Morgan fingerprint density at radius 2 is 2.45 bits per heavy atom. The van der Waals surface area contributed by atoms with Crippen molar-refractivity contribution in [3.05, 3.63) is 19.0 Å². The molecule has 0 unspecified atom stereocenters. The van der Waals surface area contributed by atoms with Crippen LogP contribution >= 0.6 is 11.8 Å². The summed E-state index contributed by atoms with van der Waals surface area (Å²) in [5.74, 6) is 0.187. The summed E-state index contributed by atoms with van der Waals surface area (Å²) in [4.78, 5) is 11.8. The van der Waals surface area contributed by atoms with Crippen molar-refractivity contribution < 1.29 is 13.2 Å². The Bertz CT molecular complexity index is 597. The van der Waals surface area contributed by atoms with Gasteiger partial charge in [0.05, 0.1) is 17.3 Å². The maximum Gasteiger partial charge on any atom is 0.230 e. The first kappa shape index (κ1) is 15.0. The summed E-state index contributed by atoms with van der Waals surface area (Å²) in [5, 5.41) is 11.1. The number of carbonyl (C=O) groups excluding carboxylic acids is 1. The molecule has 0 radical (unpaired) electrons. The molecule has 1 saturated heterocycles. The highest BCUT2D eigenvalue weighted by molar-refractivity contribution is 7.99. The first-order valence-electron chi connectivity index (χ1n) is 6.11. The second kappa shape index (κ2) is 6.40. The average molecular weight is 316 g/mol. The zero-order valence-electron chi connectivity index (χ0n) is 10.9. The highest BCUT2D eigenvalue weighted by Crippen LogP contribution is 2.15. The van der Waals surface area contributed by atoms with Crippen molar-refractivity contribution in [1.82, 2.24) is 20.1 Å². The molecule has 1 aliphatic heterocycles. The molecule has 1 aliphatic rings. The molecule has 0 aromatic carbocycles. The maximum absolute atomic E-state index is 11.8. The number of sulfone groups is 1. The number of hydrogen-bond acceptors (Lipinski definition) is 6. The third kappa shape index (κ3) is 4.07. The van der Waals surface area contributed by atoms with Gasteiger partial charge in [-0.1, -0.05) is 17.8 Å². The summed E-state index contributed by atoms with van der Waals surface area (Å²) in [6.45, 7) is 4.21. The van der Waals surface area contributed by atoms with Crippen LogP contribution in [0.15, 0.2) is 24.1 Å². The predicted molar refractivity (Wildman–Crippen MR) is 76.1 cm³/mol. The van der Waals surface area contributed by atoms with Gasteiger partial charge in [0.1, 0.15) is 6.33 Å². The number of nitrogens with zero attached hydrogens (tertiary/aromatic N) is 3. The molecule has 2 heterocycles. The Balaban J connectivity index is 1.80. The van der Waals surface area contributed by atoms with E-state index in [0.29, 0.717) is 18.1 Å².